The highest BCUT2D eigenvalue weighted by atomic mass is 35.5. The normalized spacial score (nSPS) is 10.8. The number of esters is 1. The van der Waals surface area contributed by atoms with Crippen LogP contribution in [0.2, 0.25) is 15.1 Å². The largest absolute Gasteiger partial charge is 0.465 e. The maximum Gasteiger partial charge on any atom is 0.349 e. The first-order valence-corrected chi connectivity index (χ1v) is 6.15. The van der Waals surface area contributed by atoms with Crippen molar-refractivity contribution in [3.05, 3.63) is 32.1 Å². The lowest BCUT2D eigenvalue weighted by Gasteiger charge is -1.96. The number of benzene rings is 1. The summed E-state index contributed by atoms with van der Waals surface area (Å²) in [7, 11) is 1.30. The fourth-order valence-electron chi connectivity index (χ4n) is 1.34. The van der Waals surface area contributed by atoms with E-state index in [4.69, 9.17) is 34.8 Å². The van der Waals surface area contributed by atoms with Gasteiger partial charge >= 0.3 is 5.97 Å². The molecule has 2 nitrogen and oxygen atoms in total. The van der Waals surface area contributed by atoms with Crippen LogP contribution in [-0.4, -0.2) is 13.1 Å². The zero-order valence-corrected chi connectivity index (χ0v) is 11.1. The third-order valence-electron chi connectivity index (χ3n) is 2.02. The zero-order chi connectivity index (χ0) is 11.9. The fraction of sp³-hybridized carbons (Fsp3) is 0.100. The number of carbonyl (C=O) groups excluding carboxylic acids is 1. The van der Waals surface area contributed by atoms with Gasteiger partial charge in [-0.3, -0.25) is 0 Å². The first-order valence-electron chi connectivity index (χ1n) is 4.20. The second kappa shape index (κ2) is 4.41. The number of hydrogen-bond donors (Lipinski definition) is 0. The molecular weight excluding hydrogens is 291 g/mol. The Morgan fingerprint density at radius 2 is 2.00 bits per heavy atom. The highest BCUT2D eigenvalue weighted by Gasteiger charge is 2.19. The van der Waals surface area contributed by atoms with Crippen LogP contribution in [0.1, 0.15) is 9.67 Å². The van der Waals surface area contributed by atoms with Crippen LogP contribution in [0.5, 0.6) is 0 Å². The summed E-state index contributed by atoms with van der Waals surface area (Å²) in [5.41, 5.74) is 0. The first kappa shape index (κ1) is 12.0. The summed E-state index contributed by atoms with van der Waals surface area (Å²) in [5.74, 6) is -0.474. The average Bonchev–Trinajstić information content (AvgIpc) is 2.54. The average molecular weight is 296 g/mol. The standard InChI is InChI=1S/C10H5Cl3O2S/c1-15-10(14)9-8(13)7-5(12)2-4(11)3-6(7)16-9/h2-3H,1H3. The second-order valence-corrected chi connectivity index (χ2v) is 5.27. The van der Waals surface area contributed by atoms with Crippen LogP contribution in [0.25, 0.3) is 10.1 Å². The lowest BCUT2D eigenvalue weighted by Crippen LogP contribution is -1.97. The van der Waals surface area contributed by atoms with Crippen molar-refractivity contribution in [2.75, 3.05) is 7.11 Å². The molecule has 2 aromatic rings. The van der Waals surface area contributed by atoms with Crippen LogP contribution in [0.15, 0.2) is 12.1 Å². The SMILES string of the molecule is COC(=O)c1sc2cc(Cl)cc(Cl)c2c1Cl. The Bertz CT molecular complexity index is 577. The summed E-state index contributed by atoms with van der Waals surface area (Å²) in [6, 6.07) is 3.30. The number of ether oxygens (including phenoxy) is 1. The minimum Gasteiger partial charge on any atom is -0.465 e. The third-order valence-corrected chi connectivity index (χ3v) is 4.14. The molecule has 6 heteroatoms. The van der Waals surface area contributed by atoms with Gasteiger partial charge in [-0.15, -0.1) is 11.3 Å². The molecule has 0 atom stereocenters. The molecule has 0 aliphatic carbocycles. The van der Waals surface area contributed by atoms with Crippen molar-refractivity contribution in [1.82, 2.24) is 0 Å². The molecule has 0 fully saturated rings. The second-order valence-electron chi connectivity index (χ2n) is 3.00. The lowest BCUT2D eigenvalue weighted by molar-refractivity contribution is 0.0606. The van der Waals surface area contributed by atoms with E-state index in [9.17, 15) is 4.79 Å². The molecule has 0 saturated carbocycles. The summed E-state index contributed by atoms with van der Waals surface area (Å²) in [5, 5.41) is 1.89. The number of carbonyl (C=O) groups is 1. The summed E-state index contributed by atoms with van der Waals surface area (Å²) in [4.78, 5) is 11.8. The Labute approximate surface area is 111 Å². The van der Waals surface area contributed by atoms with E-state index in [-0.39, 0.29) is 0 Å². The van der Waals surface area contributed by atoms with E-state index in [0.717, 1.165) is 4.70 Å². The van der Waals surface area contributed by atoms with Crippen LogP contribution < -0.4 is 0 Å². The monoisotopic (exact) mass is 294 g/mol. The molecule has 0 aliphatic rings. The summed E-state index contributed by atoms with van der Waals surface area (Å²) < 4.78 is 5.39. The third kappa shape index (κ3) is 1.89. The van der Waals surface area contributed by atoms with Crippen molar-refractivity contribution in [3.8, 4) is 0 Å². The highest BCUT2D eigenvalue weighted by Crippen LogP contribution is 2.41. The molecule has 0 N–H and O–H groups in total. The van der Waals surface area contributed by atoms with E-state index in [0.29, 0.717) is 25.3 Å². The van der Waals surface area contributed by atoms with E-state index < -0.39 is 5.97 Å². The molecule has 0 bridgehead atoms. The summed E-state index contributed by atoms with van der Waals surface area (Å²) in [6.07, 6.45) is 0. The van der Waals surface area contributed by atoms with Gasteiger partial charge < -0.3 is 4.74 Å². The minimum atomic E-state index is -0.474. The molecule has 16 heavy (non-hydrogen) atoms. The molecule has 1 aromatic carbocycles. The van der Waals surface area contributed by atoms with E-state index >= 15 is 0 Å². The molecule has 2 rings (SSSR count). The van der Waals surface area contributed by atoms with Gasteiger partial charge in [0.05, 0.1) is 17.2 Å². The van der Waals surface area contributed by atoms with Gasteiger partial charge in [0.2, 0.25) is 0 Å². The van der Waals surface area contributed by atoms with Crippen molar-refractivity contribution in [1.29, 1.82) is 0 Å². The van der Waals surface area contributed by atoms with Crippen molar-refractivity contribution < 1.29 is 9.53 Å². The van der Waals surface area contributed by atoms with E-state index in [1.165, 1.54) is 18.4 Å². The topological polar surface area (TPSA) is 26.3 Å². The van der Waals surface area contributed by atoms with Crippen molar-refractivity contribution in [2.24, 2.45) is 0 Å². The Morgan fingerprint density at radius 1 is 1.31 bits per heavy atom. The van der Waals surface area contributed by atoms with Gasteiger partial charge in [-0.1, -0.05) is 34.8 Å². The minimum absolute atomic E-state index is 0.313. The molecule has 0 unspecified atom stereocenters. The Morgan fingerprint density at radius 3 is 2.62 bits per heavy atom. The molecular formula is C10H5Cl3O2S. The predicted octanol–water partition coefficient (Wildman–Crippen LogP) is 4.65. The first-order chi connectivity index (χ1) is 7.54. The maximum absolute atomic E-state index is 11.4. The molecule has 0 aliphatic heterocycles. The van der Waals surface area contributed by atoms with Gasteiger partial charge in [-0.25, -0.2) is 4.79 Å². The van der Waals surface area contributed by atoms with Crippen LogP contribution in [0, 0.1) is 0 Å². The molecule has 0 radical (unpaired) electrons. The summed E-state index contributed by atoms with van der Waals surface area (Å²) in [6.45, 7) is 0. The van der Waals surface area contributed by atoms with Gasteiger partial charge in [0, 0.05) is 15.1 Å². The van der Waals surface area contributed by atoms with Crippen molar-refractivity contribution in [2.45, 2.75) is 0 Å². The number of rotatable bonds is 1. The smallest absolute Gasteiger partial charge is 0.349 e. The Balaban J connectivity index is 2.78. The molecule has 1 heterocycles. The number of methoxy groups -OCH3 is 1. The number of thiophene rings is 1. The van der Waals surface area contributed by atoms with E-state index in [1.54, 1.807) is 12.1 Å². The number of fused-ring (bicyclic) bond motifs is 1. The maximum atomic E-state index is 11.4. The fourth-order valence-corrected chi connectivity index (χ4v) is 3.62. The Kier molecular flexibility index (Phi) is 3.31. The van der Waals surface area contributed by atoms with Crippen molar-refractivity contribution >= 4 is 62.2 Å². The van der Waals surface area contributed by atoms with Gasteiger partial charge in [-0.05, 0) is 12.1 Å². The van der Waals surface area contributed by atoms with Gasteiger partial charge in [-0.2, -0.15) is 0 Å². The zero-order valence-electron chi connectivity index (χ0n) is 8.01. The number of hydrogen-bond acceptors (Lipinski definition) is 3. The van der Waals surface area contributed by atoms with E-state index in [1.807, 2.05) is 0 Å². The van der Waals surface area contributed by atoms with Crippen LogP contribution in [0.4, 0.5) is 0 Å². The van der Waals surface area contributed by atoms with E-state index in [2.05, 4.69) is 4.74 Å². The van der Waals surface area contributed by atoms with Crippen LogP contribution in [0.3, 0.4) is 0 Å². The Hall–Kier alpha value is -0.480. The molecule has 84 valence electrons. The number of halogens is 3. The molecule has 1 aromatic heterocycles. The van der Waals surface area contributed by atoms with Crippen LogP contribution >= 0.6 is 46.1 Å². The quantitative estimate of drug-likeness (QED) is 0.716. The summed E-state index contributed by atoms with van der Waals surface area (Å²) >= 11 is 19.2. The van der Waals surface area contributed by atoms with Crippen LogP contribution in [-0.2, 0) is 4.74 Å². The molecule has 0 spiro atoms. The lowest BCUT2D eigenvalue weighted by atomic mass is 10.2. The molecule has 0 saturated heterocycles. The van der Waals surface area contributed by atoms with Crippen molar-refractivity contribution in [3.63, 3.8) is 0 Å². The highest BCUT2D eigenvalue weighted by molar-refractivity contribution is 7.21. The van der Waals surface area contributed by atoms with Gasteiger partial charge in [0.15, 0.2) is 0 Å². The van der Waals surface area contributed by atoms with Gasteiger partial charge in [0.1, 0.15) is 4.88 Å². The van der Waals surface area contributed by atoms with Gasteiger partial charge in [0.25, 0.3) is 0 Å². The predicted molar refractivity (Wildman–Crippen MR) is 68.2 cm³/mol. The molecule has 0 amide bonds.